The Kier molecular flexibility index (Phi) is 6.22. The fourth-order valence-corrected chi connectivity index (χ4v) is 2.83. The second kappa shape index (κ2) is 9.20. The normalized spacial score (nSPS) is 10.8. The summed E-state index contributed by atoms with van der Waals surface area (Å²) in [5.41, 5.74) is 3.80. The molecule has 138 valence electrons. The van der Waals surface area contributed by atoms with Gasteiger partial charge in [-0.05, 0) is 55.0 Å². The number of hydrogen-bond donors (Lipinski definition) is 0. The molecule has 0 unspecified atom stereocenters. The fraction of sp³-hybridized carbons (Fsp3) is 0.0833. The summed E-state index contributed by atoms with van der Waals surface area (Å²) in [6.45, 7) is 1.95. The summed E-state index contributed by atoms with van der Waals surface area (Å²) in [6, 6.07) is 29.8. The molecule has 4 heteroatoms. The molecule has 0 aliphatic carbocycles. The van der Waals surface area contributed by atoms with Crippen molar-refractivity contribution in [3.05, 3.63) is 96.1 Å². The van der Waals surface area contributed by atoms with Crippen molar-refractivity contribution in [2.45, 2.75) is 6.92 Å². The average molecular weight is 368 g/mol. The number of benzene rings is 3. The lowest BCUT2D eigenvalue weighted by Crippen LogP contribution is -2.09. The van der Waals surface area contributed by atoms with Gasteiger partial charge in [0.1, 0.15) is 11.6 Å². The monoisotopic (exact) mass is 368 g/mol. The first-order chi connectivity index (χ1) is 13.7. The van der Waals surface area contributed by atoms with Crippen molar-refractivity contribution in [1.29, 1.82) is 5.26 Å². The van der Waals surface area contributed by atoms with Crippen LogP contribution in [0.25, 0.3) is 6.08 Å². The third-order valence-corrected chi connectivity index (χ3v) is 4.11. The Morgan fingerprint density at radius 2 is 1.39 bits per heavy atom. The van der Waals surface area contributed by atoms with E-state index in [1.807, 2.05) is 66.7 Å². The highest BCUT2D eigenvalue weighted by Crippen LogP contribution is 2.34. The molecule has 0 saturated heterocycles. The second-order valence-electron chi connectivity index (χ2n) is 5.99. The number of rotatable bonds is 6. The maximum atomic E-state index is 11.8. The fourth-order valence-electron chi connectivity index (χ4n) is 2.83. The molecule has 0 bridgehead atoms. The van der Waals surface area contributed by atoms with Crippen LogP contribution in [0.1, 0.15) is 12.5 Å². The molecule has 0 atom stereocenters. The quantitative estimate of drug-likeness (QED) is 0.322. The molecule has 0 N–H and O–H groups in total. The van der Waals surface area contributed by atoms with Crippen molar-refractivity contribution in [2.75, 3.05) is 11.5 Å². The van der Waals surface area contributed by atoms with E-state index < -0.39 is 5.97 Å². The first-order valence-corrected chi connectivity index (χ1v) is 9.02. The van der Waals surface area contributed by atoms with Crippen molar-refractivity contribution < 1.29 is 9.53 Å². The van der Waals surface area contributed by atoms with Crippen molar-refractivity contribution in [1.82, 2.24) is 0 Å². The lowest BCUT2D eigenvalue weighted by molar-refractivity contribution is -0.137. The zero-order valence-electron chi connectivity index (χ0n) is 15.6. The minimum atomic E-state index is -0.607. The third kappa shape index (κ3) is 4.46. The van der Waals surface area contributed by atoms with Crippen LogP contribution in [0.5, 0.6) is 0 Å². The Labute approximate surface area is 164 Å². The largest absolute Gasteiger partial charge is 0.462 e. The maximum Gasteiger partial charge on any atom is 0.348 e. The van der Waals surface area contributed by atoms with Gasteiger partial charge in [-0.15, -0.1) is 0 Å². The molecule has 0 heterocycles. The SMILES string of the molecule is CCOC(=O)/C(C#N)=C\c1ccc(N(c2ccccc2)c2ccccc2)cc1. The van der Waals surface area contributed by atoms with Crippen LogP contribution in [0, 0.1) is 11.3 Å². The molecule has 3 aromatic carbocycles. The summed E-state index contributed by atoms with van der Waals surface area (Å²) < 4.78 is 4.91. The van der Waals surface area contributed by atoms with Crippen molar-refractivity contribution in [3.63, 3.8) is 0 Å². The first-order valence-electron chi connectivity index (χ1n) is 9.02. The number of nitrogens with zero attached hydrogens (tertiary/aromatic N) is 2. The summed E-state index contributed by atoms with van der Waals surface area (Å²) in [6.07, 6.45) is 1.54. The Morgan fingerprint density at radius 3 is 1.86 bits per heavy atom. The van der Waals surface area contributed by atoms with Crippen LogP contribution in [-0.4, -0.2) is 12.6 Å². The molecule has 0 spiro atoms. The summed E-state index contributed by atoms with van der Waals surface area (Å²) in [7, 11) is 0. The van der Waals surface area contributed by atoms with E-state index in [0.717, 1.165) is 22.6 Å². The Morgan fingerprint density at radius 1 is 0.893 bits per heavy atom. The van der Waals surface area contributed by atoms with Gasteiger partial charge in [0, 0.05) is 17.1 Å². The molecule has 0 fully saturated rings. The molecule has 0 aliphatic rings. The zero-order valence-corrected chi connectivity index (χ0v) is 15.6. The van der Waals surface area contributed by atoms with Gasteiger partial charge in [-0.3, -0.25) is 0 Å². The van der Waals surface area contributed by atoms with E-state index in [2.05, 4.69) is 29.2 Å². The van der Waals surface area contributed by atoms with Gasteiger partial charge in [0.05, 0.1) is 6.61 Å². The van der Waals surface area contributed by atoms with E-state index in [-0.39, 0.29) is 12.2 Å². The predicted molar refractivity (Wildman–Crippen MR) is 111 cm³/mol. The Balaban J connectivity index is 1.95. The van der Waals surface area contributed by atoms with Gasteiger partial charge in [-0.1, -0.05) is 48.5 Å². The third-order valence-electron chi connectivity index (χ3n) is 4.11. The zero-order chi connectivity index (χ0) is 19.8. The summed E-state index contributed by atoms with van der Waals surface area (Å²) in [5, 5.41) is 9.20. The lowest BCUT2D eigenvalue weighted by atomic mass is 10.1. The van der Waals surface area contributed by atoms with Crippen LogP contribution in [0.3, 0.4) is 0 Å². The number of anilines is 3. The molecule has 0 saturated carbocycles. The smallest absolute Gasteiger partial charge is 0.348 e. The summed E-state index contributed by atoms with van der Waals surface area (Å²) in [4.78, 5) is 13.9. The highest BCUT2D eigenvalue weighted by molar-refractivity contribution is 5.98. The van der Waals surface area contributed by atoms with E-state index in [1.54, 1.807) is 6.92 Å². The Bertz CT molecular complexity index is 949. The van der Waals surface area contributed by atoms with Crippen LogP contribution < -0.4 is 4.90 Å². The molecule has 0 radical (unpaired) electrons. The van der Waals surface area contributed by atoms with Crippen LogP contribution in [0.2, 0.25) is 0 Å². The van der Waals surface area contributed by atoms with Gasteiger partial charge in [0.15, 0.2) is 0 Å². The second-order valence-corrected chi connectivity index (χ2v) is 5.99. The first kappa shape index (κ1) is 18.9. The highest BCUT2D eigenvalue weighted by atomic mass is 16.5. The Hall–Kier alpha value is -3.84. The van der Waals surface area contributed by atoms with Gasteiger partial charge in [0.2, 0.25) is 0 Å². The van der Waals surface area contributed by atoms with Gasteiger partial charge < -0.3 is 9.64 Å². The van der Waals surface area contributed by atoms with Gasteiger partial charge in [0.25, 0.3) is 0 Å². The lowest BCUT2D eigenvalue weighted by Gasteiger charge is -2.25. The number of carbonyl (C=O) groups excluding carboxylic acids is 1. The number of hydrogen-bond acceptors (Lipinski definition) is 4. The van der Waals surface area contributed by atoms with E-state index >= 15 is 0 Å². The topological polar surface area (TPSA) is 53.3 Å². The molecule has 3 rings (SSSR count). The standard InChI is InChI=1S/C24H20N2O2/c1-2-28-24(27)20(18-25)17-19-13-15-23(16-14-19)26(21-9-5-3-6-10-21)22-11-7-4-8-12-22/h3-17H,2H2,1H3/b20-17-. The molecule has 4 nitrogen and oxygen atoms in total. The summed E-state index contributed by atoms with van der Waals surface area (Å²) >= 11 is 0. The highest BCUT2D eigenvalue weighted by Gasteiger charge is 2.12. The maximum absolute atomic E-state index is 11.8. The molecule has 3 aromatic rings. The van der Waals surface area contributed by atoms with Crippen molar-refractivity contribution >= 4 is 29.1 Å². The minimum absolute atomic E-state index is 0.0161. The number of esters is 1. The number of para-hydroxylation sites is 2. The predicted octanol–water partition coefficient (Wildman–Crippen LogP) is 5.63. The molecule has 0 aromatic heterocycles. The molecular weight excluding hydrogens is 348 g/mol. The number of ether oxygens (including phenoxy) is 1. The molecule has 28 heavy (non-hydrogen) atoms. The number of carbonyl (C=O) groups is 1. The van der Waals surface area contributed by atoms with E-state index in [4.69, 9.17) is 4.74 Å². The van der Waals surface area contributed by atoms with Gasteiger partial charge >= 0.3 is 5.97 Å². The molecular formula is C24H20N2O2. The number of nitriles is 1. The van der Waals surface area contributed by atoms with Crippen LogP contribution >= 0.6 is 0 Å². The summed E-state index contributed by atoms with van der Waals surface area (Å²) in [5.74, 6) is -0.607. The average Bonchev–Trinajstić information content (AvgIpc) is 2.75. The van der Waals surface area contributed by atoms with Crippen LogP contribution in [0.15, 0.2) is 90.5 Å². The van der Waals surface area contributed by atoms with Gasteiger partial charge in [-0.25, -0.2) is 4.79 Å². The minimum Gasteiger partial charge on any atom is -0.462 e. The van der Waals surface area contributed by atoms with Gasteiger partial charge in [-0.2, -0.15) is 5.26 Å². The van der Waals surface area contributed by atoms with Crippen LogP contribution in [-0.2, 0) is 9.53 Å². The molecule has 0 aliphatic heterocycles. The van der Waals surface area contributed by atoms with Crippen LogP contribution in [0.4, 0.5) is 17.1 Å². The van der Waals surface area contributed by atoms with E-state index in [9.17, 15) is 10.1 Å². The molecule has 0 amide bonds. The van der Waals surface area contributed by atoms with Crippen molar-refractivity contribution in [2.24, 2.45) is 0 Å². The van der Waals surface area contributed by atoms with E-state index in [0.29, 0.717) is 0 Å². The van der Waals surface area contributed by atoms with E-state index in [1.165, 1.54) is 6.08 Å². The van der Waals surface area contributed by atoms with Crippen molar-refractivity contribution in [3.8, 4) is 6.07 Å².